The van der Waals surface area contributed by atoms with Crippen molar-refractivity contribution < 1.29 is 32.5 Å². The molecule has 0 aromatic carbocycles. The van der Waals surface area contributed by atoms with Gasteiger partial charge >= 0.3 is 12.1 Å². The van der Waals surface area contributed by atoms with Gasteiger partial charge in [0.25, 0.3) is 0 Å². The molecule has 1 unspecified atom stereocenters. The molecule has 0 spiro atoms. The van der Waals surface area contributed by atoms with Crippen LogP contribution in [0.4, 0.5) is 13.2 Å². The summed E-state index contributed by atoms with van der Waals surface area (Å²) in [5.41, 5.74) is 0. The van der Waals surface area contributed by atoms with E-state index >= 15 is 0 Å². The number of nitrogens with zero attached hydrogens (tertiary/aromatic N) is 3. The third-order valence-electron chi connectivity index (χ3n) is 4.64. The third-order valence-corrected chi connectivity index (χ3v) is 4.64. The highest BCUT2D eigenvalue weighted by Gasteiger charge is 2.38. The monoisotopic (exact) mass is 393 g/mol. The van der Waals surface area contributed by atoms with Crippen molar-refractivity contribution in [2.75, 3.05) is 40.0 Å². The van der Waals surface area contributed by atoms with Gasteiger partial charge in [0.1, 0.15) is 5.82 Å². The minimum atomic E-state index is -5.08. The van der Waals surface area contributed by atoms with Crippen LogP contribution >= 0.6 is 0 Å². The Morgan fingerprint density at radius 1 is 1.33 bits per heavy atom. The van der Waals surface area contributed by atoms with Crippen molar-refractivity contribution in [3.8, 4) is 0 Å². The summed E-state index contributed by atoms with van der Waals surface area (Å²) >= 11 is 0. The van der Waals surface area contributed by atoms with Crippen molar-refractivity contribution in [2.24, 2.45) is 11.8 Å². The summed E-state index contributed by atoms with van der Waals surface area (Å²) in [4.78, 5) is 16.0. The maximum Gasteiger partial charge on any atom is 0.490 e. The number of halogens is 3. The van der Waals surface area contributed by atoms with E-state index in [4.69, 9.17) is 19.4 Å². The molecular weight excluding hydrogens is 367 g/mol. The molecule has 1 N–H and O–H groups in total. The number of carboxylic acid groups (broad SMARTS) is 1. The van der Waals surface area contributed by atoms with Gasteiger partial charge in [0.2, 0.25) is 0 Å². The number of ether oxygens (including phenoxy) is 2. The van der Waals surface area contributed by atoms with E-state index in [9.17, 15) is 13.2 Å². The summed E-state index contributed by atoms with van der Waals surface area (Å²) in [7, 11) is 1.79. The molecule has 10 heteroatoms. The molecule has 1 aromatic heterocycles. The third kappa shape index (κ3) is 7.11. The zero-order valence-corrected chi connectivity index (χ0v) is 15.3. The van der Waals surface area contributed by atoms with Crippen molar-refractivity contribution in [2.45, 2.75) is 32.1 Å². The van der Waals surface area contributed by atoms with Crippen LogP contribution < -0.4 is 0 Å². The number of methoxy groups -OCH3 is 1. The molecule has 1 atom stereocenters. The quantitative estimate of drug-likeness (QED) is 0.844. The zero-order valence-electron chi connectivity index (χ0n) is 15.3. The normalized spacial score (nSPS) is 21.7. The van der Waals surface area contributed by atoms with Crippen LogP contribution in [-0.2, 0) is 27.4 Å². The van der Waals surface area contributed by atoms with Gasteiger partial charge in [0.15, 0.2) is 0 Å². The number of aliphatic carboxylic acids is 1. The number of aromatic nitrogens is 2. The molecular formula is C17H26F3N3O4. The average Bonchev–Trinajstić information content (AvgIpc) is 2.95. The molecule has 154 valence electrons. The fourth-order valence-corrected chi connectivity index (χ4v) is 3.40. The number of carboxylic acids is 1. The maximum absolute atomic E-state index is 10.6. The lowest BCUT2D eigenvalue weighted by Gasteiger charge is -2.30. The topological polar surface area (TPSA) is 76.8 Å². The largest absolute Gasteiger partial charge is 0.490 e. The summed E-state index contributed by atoms with van der Waals surface area (Å²) in [5, 5.41) is 7.12. The van der Waals surface area contributed by atoms with E-state index in [-0.39, 0.29) is 0 Å². The molecule has 3 rings (SSSR count). The molecule has 3 heterocycles. The second-order valence-electron chi connectivity index (χ2n) is 6.87. The summed E-state index contributed by atoms with van der Waals surface area (Å²) in [6, 6.07) is 0. The van der Waals surface area contributed by atoms with Crippen LogP contribution in [0, 0.1) is 11.8 Å². The van der Waals surface area contributed by atoms with Crippen molar-refractivity contribution >= 4 is 5.97 Å². The summed E-state index contributed by atoms with van der Waals surface area (Å²) in [6.07, 6.45) is 1.31. The SMILES string of the molecule is COCC1CN(CC2CCOCC2)Cc2nccn2C1.O=C(O)C(F)(F)F. The van der Waals surface area contributed by atoms with Crippen LogP contribution in [-0.4, -0.2) is 71.7 Å². The van der Waals surface area contributed by atoms with E-state index in [1.54, 1.807) is 7.11 Å². The van der Waals surface area contributed by atoms with Gasteiger partial charge in [-0.2, -0.15) is 13.2 Å². The average molecular weight is 393 g/mol. The Hall–Kier alpha value is -1.65. The first-order chi connectivity index (χ1) is 12.8. The van der Waals surface area contributed by atoms with E-state index in [0.29, 0.717) is 5.92 Å². The molecule has 1 saturated heterocycles. The highest BCUT2D eigenvalue weighted by Crippen LogP contribution is 2.21. The number of carbonyl (C=O) groups is 1. The van der Waals surface area contributed by atoms with Gasteiger partial charge in [0.05, 0.1) is 13.2 Å². The molecule has 27 heavy (non-hydrogen) atoms. The van der Waals surface area contributed by atoms with Gasteiger partial charge in [-0.3, -0.25) is 4.90 Å². The highest BCUT2D eigenvalue weighted by atomic mass is 19.4. The minimum absolute atomic E-state index is 0.551. The standard InChI is InChI=1S/C15H25N3O2.C2HF3O2/c1-19-12-14-9-17(8-13-2-6-20-7-3-13)11-15-16-4-5-18(15)10-14;3-2(4,5)1(6)7/h4-5,13-14H,2-3,6-12H2,1H3;(H,6,7). The van der Waals surface area contributed by atoms with Crippen molar-refractivity contribution in [3.63, 3.8) is 0 Å². The second-order valence-corrected chi connectivity index (χ2v) is 6.87. The first-order valence-electron chi connectivity index (χ1n) is 8.88. The number of fused-ring (bicyclic) bond motifs is 1. The lowest BCUT2D eigenvalue weighted by Crippen LogP contribution is -2.35. The zero-order chi connectivity index (χ0) is 19.9. The number of alkyl halides is 3. The minimum Gasteiger partial charge on any atom is -0.475 e. The summed E-state index contributed by atoms with van der Waals surface area (Å²) in [5.74, 6) is -0.244. The first-order valence-corrected chi connectivity index (χ1v) is 8.88. The smallest absolute Gasteiger partial charge is 0.475 e. The van der Waals surface area contributed by atoms with Gasteiger partial charge < -0.3 is 19.1 Å². The predicted octanol–water partition coefficient (Wildman–Crippen LogP) is 2.02. The molecule has 0 bridgehead atoms. The van der Waals surface area contributed by atoms with Crippen molar-refractivity contribution in [1.29, 1.82) is 0 Å². The Bertz CT molecular complexity index is 588. The van der Waals surface area contributed by atoms with Crippen LogP contribution in [0.25, 0.3) is 0 Å². The van der Waals surface area contributed by atoms with Gasteiger partial charge in [-0.05, 0) is 18.8 Å². The molecule has 7 nitrogen and oxygen atoms in total. The van der Waals surface area contributed by atoms with Crippen molar-refractivity contribution in [3.05, 3.63) is 18.2 Å². The van der Waals surface area contributed by atoms with Crippen LogP contribution in [0.2, 0.25) is 0 Å². The van der Waals surface area contributed by atoms with E-state index in [1.807, 2.05) is 6.20 Å². The first kappa shape index (κ1) is 21.6. The molecule has 0 aliphatic carbocycles. The van der Waals surface area contributed by atoms with Crippen molar-refractivity contribution in [1.82, 2.24) is 14.5 Å². The Morgan fingerprint density at radius 3 is 2.59 bits per heavy atom. The molecule has 1 aromatic rings. The second kappa shape index (κ2) is 10.0. The number of hydrogen-bond acceptors (Lipinski definition) is 5. The van der Waals surface area contributed by atoms with Crippen LogP contribution in [0.1, 0.15) is 18.7 Å². The van der Waals surface area contributed by atoms with E-state index < -0.39 is 12.1 Å². The fourth-order valence-electron chi connectivity index (χ4n) is 3.40. The number of hydrogen-bond donors (Lipinski definition) is 1. The molecule has 2 aliphatic heterocycles. The Balaban J connectivity index is 0.000000321. The van der Waals surface area contributed by atoms with Crippen LogP contribution in [0.3, 0.4) is 0 Å². The van der Waals surface area contributed by atoms with Crippen LogP contribution in [0.15, 0.2) is 12.4 Å². The van der Waals surface area contributed by atoms with Gasteiger partial charge in [-0.15, -0.1) is 0 Å². The van der Waals surface area contributed by atoms with Crippen LogP contribution in [0.5, 0.6) is 0 Å². The predicted molar refractivity (Wildman–Crippen MR) is 90.1 cm³/mol. The van der Waals surface area contributed by atoms with Gasteiger partial charge in [0, 0.05) is 58.3 Å². The van der Waals surface area contributed by atoms with Gasteiger partial charge in [-0.25, -0.2) is 9.78 Å². The summed E-state index contributed by atoms with van der Waals surface area (Å²) < 4.78 is 44.9. The maximum atomic E-state index is 10.6. The fraction of sp³-hybridized carbons (Fsp3) is 0.765. The molecule has 0 amide bonds. The Labute approximate surface area is 156 Å². The van der Waals surface area contributed by atoms with Gasteiger partial charge in [-0.1, -0.05) is 0 Å². The van der Waals surface area contributed by atoms with E-state index in [2.05, 4.69) is 20.6 Å². The Morgan fingerprint density at radius 2 is 2.00 bits per heavy atom. The lowest BCUT2D eigenvalue weighted by atomic mass is 9.99. The number of imidazole rings is 1. The van der Waals surface area contributed by atoms with E-state index in [0.717, 1.165) is 51.9 Å². The summed E-state index contributed by atoms with van der Waals surface area (Å²) in [6.45, 7) is 6.92. The molecule has 2 aliphatic rings. The highest BCUT2D eigenvalue weighted by molar-refractivity contribution is 5.73. The number of rotatable bonds is 4. The molecule has 1 fully saturated rings. The Kier molecular flexibility index (Phi) is 8.06. The molecule has 0 radical (unpaired) electrons. The van der Waals surface area contributed by atoms with E-state index in [1.165, 1.54) is 18.7 Å². The lowest BCUT2D eigenvalue weighted by molar-refractivity contribution is -0.192. The molecule has 0 saturated carbocycles.